The molecule has 22 heavy (non-hydrogen) atoms. The Bertz CT molecular complexity index is 799. The van der Waals surface area contributed by atoms with E-state index in [9.17, 15) is 4.79 Å². The van der Waals surface area contributed by atoms with Gasteiger partial charge in [-0.1, -0.05) is 18.2 Å². The summed E-state index contributed by atoms with van der Waals surface area (Å²) in [6, 6.07) is 7.78. The molecule has 1 fully saturated rings. The zero-order valence-electron chi connectivity index (χ0n) is 11.7. The summed E-state index contributed by atoms with van der Waals surface area (Å²) < 4.78 is 0. The Hall–Kier alpha value is -1.86. The molecule has 0 saturated carbocycles. The summed E-state index contributed by atoms with van der Waals surface area (Å²) in [6.07, 6.45) is 1.80. The highest BCUT2D eigenvalue weighted by Gasteiger charge is 2.32. The quantitative estimate of drug-likeness (QED) is 0.785. The van der Waals surface area contributed by atoms with Crippen LogP contribution in [0.15, 0.2) is 35.8 Å². The lowest BCUT2D eigenvalue weighted by Gasteiger charge is -2.33. The minimum absolute atomic E-state index is 0.0158. The number of hydrogen-bond acceptors (Lipinski definition) is 5. The smallest absolute Gasteiger partial charge is 0.275 e. The van der Waals surface area contributed by atoms with Crippen LogP contribution in [0.25, 0.3) is 10.9 Å². The number of nitrogens with zero attached hydrogens (tertiary/aromatic N) is 3. The zero-order chi connectivity index (χ0) is 14.9. The largest absolute Gasteiger partial charge is 0.326 e. The molecule has 1 aromatic carbocycles. The van der Waals surface area contributed by atoms with E-state index in [0.717, 1.165) is 34.0 Å². The van der Waals surface area contributed by atoms with E-state index in [-0.39, 0.29) is 11.9 Å². The van der Waals surface area contributed by atoms with Crippen LogP contribution in [0, 0.1) is 0 Å². The molecule has 0 aliphatic carbocycles. The van der Waals surface area contributed by atoms with Crippen LogP contribution in [0.5, 0.6) is 0 Å². The fourth-order valence-corrected chi connectivity index (χ4v) is 4.62. The molecule has 1 aliphatic rings. The molecule has 5 nitrogen and oxygen atoms in total. The number of thiazole rings is 1. The number of aromatic nitrogens is 3. The van der Waals surface area contributed by atoms with E-state index in [1.165, 1.54) is 0 Å². The summed E-state index contributed by atoms with van der Waals surface area (Å²) in [5.41, 5.74) is 1.40. The molecule has 1 N–H and O–H groups in total. The van der Waals surface area contributed by atoms with Crippen molar-refractivity contribution in [3.8, 4) is 0 Å². The number of fused-ring (bicyclic) bond motifs is 1. The molecule has 3 heterocycles. The van der Waals surface area contributed by atoms with Crippen molar-refractivity contribution in [3.63, 3.8) is 0 Å². The lowest BCUT2D eigenvalue weighted by molar-refractivity contribution is 0.0697. The second-order valence-electron chi connectivity index (χ2n) is 5.08. The van der Waals surface area contributed by atoms with E-state index in [0.29, 0.717) is 5.69 Å². The molecule has 112 valence electrons. The van der Waals surface area contributed by atoms with Crippen molar-refractivity contribution in [2.24, 2.45) is 0 Å². The summed E-state index contributed by atoms with van der Waals surface area (Å²) in [5, 5.41) is 11.0. The molecule has 0 spiro atoms. The van der Waals surface area contributed by atoms with Crippen molar-refractivity contribution in [1.29, 1.82) is 0 Å². The highest BCUT2D eigenvalue weighted by atomic mass is 32.2. The predicted molar refractivity (Wildman–Crippen MR) is 89.3 cm³/mol. The molecule has 0 unspecified atom stereocenters. The van der Waals surface area contributed by atoms with Gasteiger partial charge in [0.05, 0.1) is 11.6 Å². The minimum atomic E-state index is -0.0158. The number of hydrogen-bond donors (Lipinski definition) is 1. The van der Waals surface area contributed by atoms with Crippen LogP contribution < -0.4 is 0 Å². The molecule has 3 aromatic rings. The van der Waals surface area contributed by atoms with E-state index in [1.54, 1.807) is 17.5 Å². The summed E-state index contributed by atoms with van der Waals surface area (Å²) >= 11 is 3.47. The van der Waals surface area contributed by atoms with Crippen LogP contribution in [-0.2, 0) is 0 Å². The van der Waals surface area contributed by atoms with Gasteiger partial charge in [0.15, 0.2) is 5.69 Å². The molecular weight excluding hydrogens is 316 g/mol. The number of H-pyrrole nitrogens is 1. The molecule has 1 amide bonds. The Morgan fingerprint density at radius 3 is 3.14 bits per heavy atom. The molecule has 0 radical (unpaired) electrons. The van der Waals surface area contributed by atoms with Gasteiger partial charge >= 0.3 is 0 Å². The first-order valence-corrected chi connectivity index (χ1v) is 9.09. The number of carbonyl (C=O) groups excluding carboxylic acids is 1. The standard InChI is InChI=1S/C15H14N4OS2/c20-15(13-10-3-1-2-4-11(10)17-18-13)19-6-8-21-9-12(19)14-16-5-7-22-14/h1-5,7,12H,6,8-9H2,(H,17,18)/t12-/m1/s1. The van der Waals surface area contributed by atoms with Crippen LogP contribution in [0.3, 0.4) is 0 Å². The first kappa shape index (κ1) is 13.8. The summed E-state index contributed by atoms with van der Waals surface area (Å²) in [6.45, 7) is 0.731. The van der Waals surface area contributed by atoms with Gasteiger partial charge in [-0.2, -0.15) is 16.9 Å². The van der Waals surface area contributed by atoms with E-state index in [4.69, 9.17) is 0 Å². The second kappa shape index (κ2) is 5.73. The summed E-state index contributed by atoms with van der Waals surface area (Å²) in [5.74, 6) is 1.83. The van der Waals surface area contributed by atoms with Gasteiger partial charge in [-0.3, -0.25) is 9.89 Å². The molecule has 2 aromatic heterocycles. The normalized spacial score (nSPS) is 18.7. The van der Waals surface area contributed by atoms with Crippen LogP contribution in [0.1, 0.15) is 21.5 Å². The number of carbonyl (C=O) groups is 1. The van der Waals surface area contributed by atoms with Crippen LogP contribution in [0.2, 0.25) is 0 Å². The van der Waals surface area contributed by atoms with Crippen molar-refractivity contribution in [2.75, 3.05) is 18.1 Å². The maximum Gasteiger partial charge on any atom is 0.275 e. The zero-order valence-corrected chi connectivity index (χ0v) is 13.4. The number of para-hydroxylation sites is 1. The molecule has 7 heteroatoms. The third kappa shape index (κ3) is 2.30. The highest BCUT2D eigenvalue weighted by molar-refractivity contribution is 7.99. The molecule has 0 bridgehead atoms. The van der Waals surface area contributed by atoms with Crippen molar-refractivity contribution in [1.82, 2.24) is 20.1 Å². The van der Waals surface area contributed by atoms with E-state index in [1.807, 2.05) is 46.3 Å². The Labute approximate surface area is 135 Å². The third-order valence-corrected chi connectivity index (χ3v) is 5.70. The van der Waals surface area contributed by atoms with Gasteiger partial charge in [0, 0.05) is 35.0 Å². The van der Waals surface area contributed by atoms with Crippen LogP contribution in [-0.4, -0.2) is 44.0 Å². The average molecular weight is 330 g/mol. The predicted octanol–water partition coefficient (Wildman–Crippen LogP) is 2.95. The first-order chi connectivity index (χ1) is 10.8. The average Bonchev–Trinajstić information content (AvgIpc) is 3.24. The number of benzene rings is 1. The third-order valence-electron chi connectivity index (χ3n) is 3.80. The Morgan fingerprint density at radius 1 is 1.36 bits per heavy atom. The molecular formula is C15H14N4OS2. The lowest BCUT2D eigenvalue weighted by Crippen LogP contribution is -2.41. The van der Waals surface area contributed by atoms with E-state index < -0.39 is 0 Å². The van der Waals surface area contributed by atoms with Gasteiger partial charge in [-0.15, -0.1) is 11.3 Å². The maximum atomic E-state index is 13.0. The van der Waals surface area contributed by atoms with Crippen molar-refractivity contribution in [2.45, 2.75) is 6.04 Å². The fraction of sp³-hybridized carbons (Fsp3) is 0.267. The monoisotopic (exact) mass is 330 g/mol. The number of amides is 1. The van der Waals surface area contributed by atoms with Gasteiger partial charge in [-0.05, 0) is 6.07 Å². The first-order valence-electron chi connectivity index (χ1n) is 7.06. The van der Waals surface area contributed by atoms with Gasteiger partial charge < -0.3 is 4.90 Å². The summed E-state index contributed by atoms with van der Waals surface area (Å²) in [7, 11) is 0. The topological polar surface area (TPSA) is 61.9 Å². The van der Waals surface area contributed by atoms with Gasteiger partial charge in [0.1, 0.15) is 5.01 Å². The maximum absolute atomic E-state index is 13.0. The molecule has 1 atom stereocenters. The van der Waals surface area contributed by atoms with E-state index in [2.05, 4.69) is 15.2 Å². The fourth-order valence-electron chi connectivity index (χ4n) is 2.71. The van der Waals surface area contributed by atoms with Crippen molar-refractivity contribution >= 4 is 39.9 Å². The second-order valence-corrected chi connectivity index (χ2v) is 7.15. The molecule has 1 aliphatic heterocycles. The molecule has 4 rings (SSSR count). The number of aromatic amines is 1. The number of rotatable bonds is 2. The van der Waals surface area contributed by atoms with Crippen molar-refractivity contribution in [3.05, 3.63) is 46.5 Å². The highest BCUT2D eigenvalue weighted by Crippen LogP contribution is 2.32. The van der Waals surface area contributed by atoms with Gasteiger partial charge in [0.25, 0.3) is 5.91 Å². The van der Waals surface area contributed by atoms with E-state index >= 15 is 0 Å². The van der Waals surface area contributed by atoms with Crippen LogP contribution >= 0.6 is 23.1 Å². The SMILES string of the molecule is O=C(c1n[nH]c2ccccc12)N1CCSC[C@@H]1c1nccs1. The van der Waals surface area contributed by atoms with Gasteiger partial charge in [-0.25, -0.2) is 4.98 Å². The molecule has 1 saturated heterocycles. The Kier molecular flexibility index (Phi) is 3.59. The van der Waals surface area contributed by atoms with Gasteiger partial charge in [0.2, 0.25) is 0 Å². The van der Waals surface area contributed by atoms with Crippen molar-refractivity contribution < 1.29 is 4.79 Å². The van der Waals surface area contributed by atoms with Crippen LogP contribution in [0.4, 0.5) is 0 Å². The Morgan fingerprint density at radius 2 is 2.27 bits per heavy atom. The number of nitrogens with one attached hydrogen (secondary N) is 1. The number of thioether (sulfide) groups is 1. The Balaban J connectivity index is 1.71. The minimum Gasteiger partial charge on any atom is -0.326 e. The summed E-state index contributed by atoms with van der Waals surface area (Å²) in [4.78, 5) is 19.3. The lowest BCUT2D eigenvalue weighted by atomic mass is 10.1.